The third-order valence-corrected chi connectivity index (χ3v) is 3.28. The fourth-order valence-corrected chi connectivity index (χ4v) is 2.34. The van der Waals surface area contributed by atoms with Crippen LogP contribution in [0.25, 0.3) is 0 Å². The molecule has 1 aromatic carbocycles. The molecule has 1 unspecified atom stereocenters. The molecule has 1 heterocycles. The van der Waals surface area contributed by atoms with E-state index in [1.54, 1.807) is 10.8 Å². The van der Waals surface area contributed by atoms with Gasteiger partial charge in [0.15, 0.2) is 0 Å². The summed E-state index contributed by atoms with van der Waals surface area (Å²) in [7, 11) is 0. The van der Waals surface area contributed by atoms with Gasteiger partial charge < -0.3 is 10.3 Å². The molecule has 19 heavy (non-hydrogen) atoms. The Hall–Kier alpha value is -1.87. The number of hydrogen-bond acceptors (Lipinski definition) is 2. The summed E-state index contributed by atoms with van der Waals surface area (Å²) >= 11 is 0. The van der Waals surface area contributed by atoms with Gasteiger partial charge in [-0.3, -0.25) is 4.79 Å². The lowest BCUT2D eigenvalue weighted by Gasteiger charge is -2.15. The van der Waals surface area contributed by atoms with Gasteiger partial charge in [0.1, 0.15) is 0 Å². The summed E-state index contributed by atoms with van der Waals surface area (Å²) in [4.78, 5) is 12.0. The summed E-state index contributed by atoms with van der Waals surface area (Å²) in [6, 6.07) is 9.82. The zero-order chi connectivity index (χ0) is 14.0. The second-order valence-electron chi connectivity index (χ2n) is 5.18. The van der Waals surface area contributed by atoms with Crippen molar-refractivity contribution in [2.24, 2.45) is 5.73 Å². The Bertz CT molecular complexity index is 623. The van der Waals surface area contributed by atoms with Crippen molar-refractivity contribution in [2.75, 3.05) is 0 Å². The van der Waals surface area contributed by atoms with Crippen LogP contribution in [0.3, 0.4) is 0 Å². The molecule has 0 bridgehead atoms. The fourth-order valence-electron chi connectivity index (χ4n) is 2.34. The molecular weight excluding hydrogens is 236 g/mol. The number of nitrogens with zero attached hydrogens (tertiary/aromatic N) is 1. The number of benzene rings is 1. The monoisotopic (exact) mass is 256 g/mol. The molecule has 0 saturated heterocycles. The van der Waals surface area contributed by atoms with Gasteiger partial charge in [0.05, 0.1) is 0 Å². The molecule has 0 fully saturated rings. The van der Waals surface area contributed by atoms with Crippen LogP contribution in [-0.2, 0) is 6.54 Å². The van der Waals surface area contributed by atoms with Gasteiger partial charge in [-0.25, -0.2) is 0 Å². The van der Waals surface area contributed by atoms with Crippen LogP contribution in [0.1, 0.15) is 28.3 Å². The third-order valence-electron chi connectivity index (χ3n) is 3.28. The molecule has 0 spiro atoms. The van der Waals surface area contributed by atoms with E-state index in [9.17, 15) is 4.79 Å². The number of pyridine rings is 1. The fraction of sp³-hybridized carbons (Fsp3) is 0.312. The minimum Gasteiger partial charge on any atom is -0.322 e. The Balaban J connectivity index is 2.28. The van der Waals surface area contributed by atoms with Crippen molar-refractivity contribution in [1.82, 2.24) is 4.57 Å². The van der Waals surface area contributed by atoms with Crippen molar-refractivity contribution in [3.8, 4) is 0 Å². The number of nitrogens with two attached hydrogens (primary N) is 1. The van der Waals surface area contributed by atoms with Crippen molar-refractivity contribution < 1.29 is 0 Å². The summed E-state index contributed by atoms with van der Waals surface area (Å²) < 4.78 is 1.68. The molecule has 2 rings (SSSR count). The van der Waals surface area contributed by atoms with E-state index in [2.05, 4.69) is 32.0 Å². The number of hydrogen-bond donors (Lipinski definition) is 1. The molecule has 3 heteroatoms. The number of aryl methyl sites for hydroxylation is 3. The molecule has 0 radical (unpaired) electrons. The predicted octanol–water partition coefficient (Wildman–Crippen LogP) is 2.47. The highest BCUT2D eigenvalue weighted by Gasteiger charge is 2.09. The Morgan fingerprint density at radius 3 is 2.42 bits per heavy atom. The molecule has 2 aromatic rings. The van der Waals surface area contributed by atoms with E-state index in [-0.39, 0.29) is 11.6 Å². The maximum atomic E-state index is 12.0. The van der Waals surface area contributed by atoms with E-state index in [0.717, 1.165) is 11.1 Å². The maximum Gasteiger partial charge on any atom is 0.253 e. The van der Waals surface area contributed by atoms with Gasteiger partial charge in [-0.15, -0.1) is 0 Å². The topological polar surface area (TPSA) is 48.0 Å². The Morgan fingerprint density at radius 1 is 1.16 bits per heavy atom. The first-order chi connectivity index (χ1) is 8.97. The Labute approximate surface area is 113 Å². The van der Waals surface area contributed by atoms with Gasteiger partial charge in [-0.1, -0.05) is 35.4 Å². The molecule has 2 N–H and O–H groups in total. The molecule has 0 aliphatic rings. The van der Waals surface area contributed by atoms with Crippen LogP contribution < -0.4 is 11.3 Å². The van der Waals surface area contributed by atoms with E-state index in [1.807, 2.05) is 19.1 Å². The van der Waals surface area contributed by atoms with Gasteiger partial charge in [0, 0.05) is 24.3 Å². The average molecular weight is 256 g/mol. The first kappa shape index (κ1) is 13.6. The summed E-state index contributed by atoms with van der Waals surface area (Å²) in [5, 5.41) is 0. The highest BCUT2D eigenvalue weighted by Crippen LogP contribution is 2.16. The van der Waals surface area contributed by atoms with E-state index < -0.39 is 0 Å². The van der Waals surface area contributed by atoms with Gasteiger partial charge in [0.25, 0.3) is 5.56 Å². The van der Waals surface area contributed by atoms with Crippen LogP contribution in [-0.4, -0.2) is 4.57 Å². The standard InChI is InChI=1S/C16H20N2O/c1-11-7-12(2)9-14(8-11)15(17)10-18-6-4-5-13(3)16(18)19/h4-9,15H,10,17H2,1-3H3. The summed E-state index contributed by atoms with van der Waals surface area (Å²) in [5.74, 6) is 0. The van der Waals surface area contributed by atoms with Crippen molar-refractivity contribution in [3.05, 3.63) is 69.1 Å². The van der Waals surface area contributed by atoms with Crippen molar-refractivity contribution in [3.63, 3.8) is 0 Å². The summed E-state index contributed by atoms with van der Waals surface area (Å²) in [6.07, 6.45) is 1.79. The molecule has 1 aromatic heterocycles. The first-order valence-corrected chi connectivity index (χ1v) is 6.47. The SMILES string of the molecule is Cc1cc(C)cc(C(N)Cn2cccc(C)c2=O)c1. The minimum atomic E-state index is -0.168. The van der Waals surface area contributed by atoms with Crippen LogP contribution >= 0.6 is 0 Å². The third kappa shape index (κ3) is 3.12. The van der Waals surface area contributed by atoms with Crippen molar-refractivity contribution in [1.29, 1.82) is 0 Å². The van der Waals surface area contributed by atoms with E-state index in [4.69, 9.17) is 5.73 Å². The lowest BCUT2D eigenvalue weighted by Crippen LogP contribution is -2.27. The largest absolute Gasteiger partial charge is 0.322 e. The van der Waals surface area contributed by atoms with E-state index in [0.29, 0.717) is 6.54 Å². The van der Waals surface area contributed by atoms with Crippen LogP contribution in [0, 0.1) is 20.8 Å². The zero-order valence-corrected chi connectivity index (χ0v) is 11.7. The van der Waals surface area contributed by atoms with Gasteiger partial charge in [0.2, 0.25) is 0 Å². The van der Waals surface area contributed by atoms with Gasteiger partial charge >= 0.3 is 0 Å². The van der Waals surface area contributed by atoms with Crippen LogP contribution in [0.4, 0.5) is 0 Å². The molecule has 0 aliphatic heterocycles. The highest BCUT2D eigenvalue weighted by atomic mass is 16.1. The van der Waals surface area contributed by atoms with E-state index in [1.165, 1.54) is 11.1 Å². The van der Waals surface area contributed by atoms with E-state index >= 15 is 0 Å². The first-order valence-electron chi connectivity index (χ1n) is 6.47. The van der Waals surface area contributed by atoms with Crippen LogP contribution in [0.15, 0.2) is 41.3 Å². The summed E-state index contributed by atoms with van der Waals surface area (Å²) in [5.41, 5.74) is 10.5. The molecular formula is C16H20N2O. The second kappa shape index (κ2) is 5.41. The average Bonchev–Trinajstić information content (AvgIpc) is 2.33. The number of rotatable bonds is 3. The van der Waals surface area contributed by atoms with Gasteiger partial charge in [-0.05, 0) is 32.4 Å². The maximum absolute atomic E-state index is 12.0. The van der Waals surface area contributed by atoms with Crippen molar-refractivity contribution in [2.45, 2.75) is 33.4 Å². The lowest BCUT2D eigenvalue weighted by atomic mass is 10.0. The molecule has 0 saturated carbocycles. The normalized spacial score (nSPS) is 12.4. The molecule has 3 nitrogen and oxygen atoms in total. The predicted molar refractivity (Wildman–Crippen MR) is 78.3 cm³/mol. The van der Waals surface area contributed by atoms with Gasteiger partial charge in [-0.2, -0.15) is 0 Å². The second-order valence-corrected chi connectivity index (χ2v) is 5.18. The lowest BCUT2D eigenvalue weighted by molar-refractivity contribution is 0.559. The van der Waals surface area contributed by atoms with Crippen LogP contribution in [0.2, 0.25) is 0 Å². The Morgan fingerprint density at radius 2 is 1.79 bits per heavy atom. The minimum absolute atomic E-state index is 0.0299. The highest BCUT2D eigenvalue weighted by molar-refractivity contribution is 5.30. The zero-order valence-electron chi connectivity index (χ0n) is 11.7. The molecule has 1 atom stereocenters. The molecule has 0 aliphatic carbocycles. The molecule has 100 valence electrons. The van der Waals surface area contributed by atoms with Crippen molar-refractivity contribution >= 4 is 0 Å². The quantitative estimate of drug-likeness (QED) is 0.917. The number of aromatic nitrogens is 1. The van der Waals surface area contributed by atoms with Crippen LogP contribution in [0.5, 0.6) is 0 Å². The smallest absolute Gasteiger partial charge is 0.253 e. The Kier molecular flexibility index (Phi) is 3.86. The molecule has 0 amide bonds. The summed E-state index contributed by atoms with van der Waals surface area (Å²) in [6.45, 7) is 6.44.